The highest BCUT2D eigenvalue weighted by Crippen LogP contribution is 2.34. The van der Waals surface area contributed by atoms with Crippen LogP contribution in [0.5, 0.6) is 0 Å². The summed E-state index contributed by atoms with van der Waals surface area (Å²) in [5, 5.41) is 4.69. The fraction of sp³-hybridized carbons (Fsp3) is 0.240. The summed E-state index contributed by atoms with van der Waals surface area (Å²) in [6.45, 7) is 5.17. The van der Waals surface area contributed by atoms with Crippen molar-refractivity contribution in [3.63, 3.8) is 0 Å². The molecule has 1 saturated heterocycles. The number of nitrogens with one attached hydrogen (secondary N) is 1. The number of urea groups is 1. The Bertz CT molecular complexity index is 1150. The summed E-state index contributed by atoms with van der Waals surface area (Å²) in [7, 11) is 0. The van der Waals surface area contributed by atoms with Crippen molar-refractivity contribution in [2.75, 3.05) is 11.4 Å². The maximum absolute atomic E-state index is 13.4. The van der Waals surface area contributed by atoms with Crippen LogP contribution in [-0.2, 0) is 15.1 Å². The molecule has 0 radical (unpaired) electrons. The lowest BCUT2D eigenvalue weighted by Gasteiger charge is -2.28. The van der Waals surface area contributed by atoms with E-state index < -0.39 is 17.5 Å². The smallest absolute Gasteiger partial charge is 0.319 e. The lowest BCUT2D eigenvalue weighted by molar-refractivity contribution is -0.134. The fourth-order valence-electron chi connectivity index (χ4n) is 4.21. The van der Waals surface area contributed by atoms with Crippen LogP contribution in [0.15, 0.2) is 72.8 Å². The van der Waals surface area contributed by atoms with Gasteiger partial charge in [0, 0.05) is 11.7 Å². The van der Waals surface area contributed by atoms with Gasteiger partial charge in [-0.1, -0.05) is 60.7 Å². The van der Waals surface area contributed by atoms with Crippen LogP contribution in [0.1, 0.15) is 26.3 Å². The topological polar surface area (TPSA) is 69.7 Å². The Hall–Kier alpha value is -3.67. The number of fused-ring (bicyclic) bond motifs is 1. The molecule has 1 unspecified atom stereocenters. The molecule has 1 N–H and O–H groups in total. The van der Waals surface area contributed by atoms with E-state index >= 15 is 0 Å². The molecular formula is C25H25N3O3. The van der Waals surface area contributed by atoms with Crippen LogP contribution in [0.25, 0.3) is 10.8 Å². The second-order valence-corrected chi connectivity index (χ2v) is 8.17. The molecule has 3 aromatic rings. The Labute approximate surface area is 181 Å². The lowest BCUT2D eigenvalue weighted by atomic mass is 9.88. The molecule has 4 rings (SSSR count). The van der Waals surface area contributed by atoms with Gasteiger partial charge in [0.05, 0.1) is 0 Å². The van der Waals surface area contributed by atoms with E-state index in [0.717, 1.165) is 21.4 Å². The second-order valence-electron chi connectivity index (χ2n) is 8.17. The van der Waals surface area contributed by atoms with Crippen molar-refractivity contribution in [1.29, 1.82) is 0 Å². The number of anilines is 1. The molecule has 158 valence electrons. The van der Waals surface area contributed by atoms with E-state index in [0.29, 0.717) is 5.56 Å². The molecule has 4 amide bonds. The Balaban J connectivity index is 1.65. The Morgan fingerprint density at radius 1 is 0.968 bits per heavy atom. The normalized spacial score (nSPS) is 18.5. The van der Waals surface area contributed by atoms with E-state index in [2.05, 4.69) is 5.32 Å². The highest BCUT2D eigenvalue weighted by Gasteiger charge is 2.50. The van der Waals surface area contributed by atoms with E-state index in [1.54, 1.807) is 11.8 Å². The zero-order chi connectivity index (χ0) is 22.2. The van der Waals surface area contributed by atoms with E-state index in [9.17, 15) is 14.4 Å². The molecule has 0 aromatic heterocycles. The van der Waals surface area contributed by atoms with Gasteiger partial charge in [0.2, 0.25) is 5.91 Å². The molecule has 0 bridgehead atoms. The number of carbonyl (C=O) groups excluding carboxylic acids is 3. The molecule has 1 fully saturated rings. The van der Waals surface area contributed by atoms with Gasteiger partial charge in [0.25, 0.3) is 5.91 Å². The number of nitrogens with zero attached hydrogens (tertiary/aromatic N) is 2. The number of hydrogen-bond acceptors (Lipinski definition) is 3. The summed E-state index contributed by atoms with van der Waals surface area (Å²) in [6, 6.07) is 22.0. The summed E-state index contributed by atoms with van der Waals surface area (Å²) < 4.78 is 0. The van der Waals surface area contributed by atoms with Gasteiger partial charge in [-0.15, -0.1) is 0 Å². The molecule has 31 heavy (non-hydrogen) atoms. The van der Waals surface area contributed by atoms with Crippen molar-refractivity contribution in [2.24, 2.45) is 0 Å². The van der Waals surface area contributed by atoms with Gasteiger partial charge < -0.3 is 10.2 Å². The number of benzene rings is 3. The van der Waals surface area contributed by atoms with Gasteiger partial charge in [-0.3, -0.25) is 14.5 Å². The molecule has 1 aliphatic heterocycles. The van der Waals surface area contributed by atoms with Crippen molar-refractivity contribution in [1.82, 2.24) is 10.2 Å². The zero-order valence-corrected chi connectivity index (χ0v) is 17.8. The van der Waals surface area contributed by atoms with Gasteiger partial charge >= 0.3 is 6.03 Å². The van der Waals surface area contributed by atoms with E-state index in [1.807, 2.05) is 86.6 Å². The number of para-hydroxylation sites is 1. The van der Waals surface area contributed by atoms with Crippen LogP contribution in [0, 0.1) is 0 Å². The van der Waals surface area contributed by atoms with Gasteiger partial charge in [0.15, 0.2) is 0 Å². The first kappa shape index (κ1) is 20.6. The van der Waals surface area contributed by atoms with Crippen molar-refractivity contribution < 1.29 is 14.4 Å². The number of rotatable bonds is 5. The maximum atomic E-state index is 13.4. The first-order chi connectivity index (χ1) is 14.8. The molecule has 1 aliphatic rings. The second kappa shape index (κ2) is 7.87. The molecular weight excluding hydrogens is 390 g/mol. The molecule has 0 aliphatic carbocycles. The van der Waals surface area contributed by atoms with Crippen molar-refractivity contribution in [3.05, 3.63) is 78.4 Å². The van der Waals surface area contributed by atoms with Crippen LogP contribution in [0.2, 0.25) is 0 Å². The SMILES string of the molecule is CC(C)N(C(=O)CN1C(=O)NC(C)(c2cccc3ccccc23)C1=O)c1ccccc1. The summed E-state index contributed by atoms with van der Waals surface area (Å²) in [5.41, 5.74) is 0.197. The molecule has 3 aromatic carbocycles. The average molecular weight is 415 g/mol. The third-order valence-corrected chi connectivity index (χ3v) is 5.72. The molecule has 1 heterocycles. The Morgan fingerprint density at radius 3 is 2.32 bits per heavy atom. The Morgan fingerprint density at radius 2 is 1.61 bits per heavy atom. The van der Waals surface area contributed by atoms with Gasteiger partial charge in [0.1, 0.15) is 12.1 Å². The summed E-state index contributed by atoms with van der Waals surface area (Å²) in [6.07, 6.45) is 0. The quantitative estimate of drug-likeness (QED) is 0.639. The largest absolute Gasteiger partial charge is 0.325 e. The van der Waals surface area contributed by atoms with Crippen LogP contribution in [0.3, 0.4) is 0 Å². The average Bonchev–Trinajstić information content (AvgIpc) is 2.97. The van der Waals surface area contributed by atoms with Gasteiger partial charge in [-0.2, -0.15) is 0 Å². The van der Waals surface area contributed by atoms with Crippen molar-refractivity contribution in [2.45, 2.75) is 32.4 Å². The number of amides is 4. The third-order valence-electron chi connectivity index (χ3n) is 5.72. The molecule has 0 saturated carbocycles. The molecule has 0 spiro atoms. The first-order valence-electron chi connectivity index (χ1n) is 10.3. The highest BCUT2D eigenvalue weighted by molar-refractivity contribution is 6.12. The Kier molecular flexibility index (Phi) is 5.23. The summed E-state index contributed by atoms with van der Waals surface area (Å²) in [5.74, 6) is -0.745. The minimum absolute atomic E-state index is 0.125. The number of hydrogen-bond donors (Lipinski definition) is 1. The van der Waals surface area contributed by atoms with Gasteiger partial charge in [-0.25, -0.2) is 4.79 Å². The minimum atomic E-state index is -1.24. The molecule has 6 heteroatoms. The standard InChI is InChI=1S/C25H25N3O3/c1-17(2)28(19-12-5-4-6-13-19)22(29)16-27-23(30)25(3,26-24(27)31)21-15-9-11-18-10-7-8-14-20(18)21/h4-15,17H,16H2,1-3H3,(H,26,31). The highest BCUT2D eigenvalue weighted by atomic mass is 16.2. The predicted octanol–water partition coefficient (Wildman–Crippen LogP) is 4.05. The van der Waals surface area contributed by atoms with Crippen LogP contribution in [-0.4, -0.2) is 35.3 Å². The van der Waals surface area contributed by atoms with E-state index in [4.69, 9.17) is 0 Å². The van der Waals surface area contributed by atoms with E-state index in [-0.39, 0.29) is 18.5 Å². The fourth-order valence-corrected chi connectivity index (χ4v) is 4.21. The zero-order valence-electron chi connectivity index (χ0n) is 17.8. The molecule has 6 nitrogen and oxygen atoms in total. The number of carbonyl (C=O) groups is 3. The van der Waals surface area contributed by atoms with Crippen LogP contribution in [0.4, 0.5) is 10.5 Å². The molecule has 1 atom stereocenters. The van der Waals surface area contributed by atoms with Gasteiger partial charge in [-0.05, 0) is 49.2 Å². The van der Waals surface area contributed by atoms with Crippen LogP contribution < -0.4 is 10.2 Å². The summed E-state index contributed by atoms with van der Waals surface area (Å²) >= 11 is 0. The third kappa shape index (κ3) is 3.54. The van der Waals surface area contributed by atoms with Crippen molar-refractivity contribution >= 4 is 34.3 Å². The number of imide groups is 1. The first-order valence-corrected chi connectivity index (χ1v) is 10.3. The summed E-state index contributed by atoms with van der Waals surface area (Å²) in [4.78, 5) is 42.0. The lowest BCUT2D eigenvalue weighted by Crippen LogP contribution is -2.46. The predicted molar refractivity (Wildman–Crippen MR) is 121 cm³/mol. The monoisotopic (exact) mass is 415 g/mol. The maximum Gasteiger partial charge on any atom is 0.325 e. The van der Waals surface area contributed by atoms with E-state index in [1.165, 1.54) is 0 Å². The van der Waals surface area contributed by atoms with Crippen molar-refractivity contribution in [3.8, 4) is 0 Å². The van der Waals surface area contributed by atoms with Crippen LogP contribution >= 0.6 is 0 Å². The minimum Gasteiger partial charge on any atom is -0.319 e.